The van der Waals surface area contributed by atoms with E-state index in [0.29, 0.717) is 0 Å². The summed E-state index contributed by atoms with van der Waals surface area (Å²) in [7, 11) is 0. The van der Waals surface area contributed by atoms with E-state index >= 15 is 0 Å². The highest BCUT2D eigenvalue weighted by Crippen LogP contribution is 2.33. The number of fused-ring (bicyclic) bond motifs is 1. The van der Waals surface area contributed by atoms with E-state index in [1.807, 2.05) is 6.26 Å². The minimum atomic E-state index is 0. The van der Waals surface area contributed by atoms with E-state index in [9.17, 15) is 0 Å². The zero-order valence-corrected chi connectivity index (χ0v) is 13.1. The summed E-state index contributed by atoms with van der Waals surface area (Å²) in [6.45, 7) is 3.79. The average molecular weight is 313 g/mol. The van der Waals surface area contributed by atoms with Gasteiger partial charge in [-0.15, -0.1) is 12.4 Å². The van der Waals surface area contributed by atoms with Crippen LogP contribution in [0.2, 0.25) is 0 Å². The Morgan fingerprint density at radius 1 is 1.09 bits per heavy atom. The largest absolute Gasteiger partial charge is 0.460 e. The lowest BCUT2D eigenvalue weighted by atomic mass is 9.98. The molecule has 1 aliphatic rings. The molecule has 1 aromatic heterocycles. The van der Waals surface area contributed by atoms with Gasteiger partial charge in [-0.2, -0.15) is 0 Å². The molecule has 0 bridgehead atoms. The molecular weight excluding hydrogens is 296 g/mol. The summed E-state index contributed by atoms with van der Waals surface area (Å²) < 4.78 is 5.79. The molecule has 3 aromatic rings. The first kappa shape index (κ1) is 14.7. The van der Waals surface area contributed by atoms with Crippen molar-refractivity contribution in [2.45, 2.75) is 6.92 Å². The normalized spacial score (nSPS) is 13.6. The molecule has 0 saturated heterocycles. The molecule has 112 valence electrons. The van der Waals surface area contributed by atoms with Crippen molar-refractivity contribution < 1.29 is 4.42 Å². The Hall–Kier alpha value is -2.26. The lowest BCUT2D eigenvalue weighted by molar-refractivity contribution is 0.560. The Kier molecular flexibility index (Phi) is 3.90. The molecule has 0 atom stereocenters. The molecule has 3 nitrogen and oxygen atoms in total. The van der Waals surface area contributed by atoms with Crippen molar-refractivity contribution in [3.05, 3.63) is 60.1 Å². The third-order valence-corrected chi connectivity index (χ3v) is 3.88. The number of furan rings is 1. The number of rotatable bonds is 2. The summed E-state index contributed by atoms with van der Waals surface area (Å²) in [5.74, 6) is 1.71. The predicted molar refractivity (Wildman–Crippen MR) is 93.0 cm³/mol. The fourth-order valence-electron chi connectivity index (χ4n) is 2.80. The summed E-state index contributed by atoms with van der Waals surface area (Å²) in [5, 5.41) is 5.54. The van der Waals surface area contributed by atoms with E-state index in [2.05, 4.69) is 59.7 Å². The van der Waals surface area contributed by atoms with Gasteiger partial charge in [-0.25, -0.2) is 0 Å². The Labute approximate surface area is 135 Å². The second kappa shape index (κ2) is 5.85. The van der Waals surface area contributed by atoms with Crippen LogP contribution in [0.1, 0.15) is 11.3 Å². The van der Waals surface area contributed by atoms with Crippen molar-refractivity contribution in [2.24, 2.45) is 4.99 Å². The standard InChI is InChI=1S/C18H16N2O.ClH/c1-12-5-7-13(8-6-12)15-4-2-3-14-11-21-17(16(14)15)18-19-9-10-20-18;/h2-8,11H,9-10H2,1H3,(H,19,20);1H. The molecule has 4 heteroatoms. The SMILES string of the molecule is Cc1ccc(-c2cccc3coc(C4=NCCN4)c23)cc1.Cl. The molecule has 22 heavy (non-hydrogen) atoms. The summed E-state index contributed by atoms with van der Waals surface area (Å²) in [4.78, 5) is 4.49. The highest BCUT2D eigenvalue weighted by Gasteiger charge is 2.18. The van der Waals surface area contributed by atoms with Crippen LogP contribution < -0.4 is 5.32 Å². The number of amidine groups is 1. The average Bonchev–Trinajstić information content (AvgIpc) is 3.16. The maximum absolute atomic E-state index is 5.79. The lowest BCUT2D eigenvalue weighted by Gasteiger charge is -2.06. The zero-order valence-electron chi connectivity index (χ0n) is 12.3. The van der Waals surface area contributed by atoms with Gasteiger partial charge in [0.15, 0.2) is 11.6 Å². The topological polar surface area (TPSA) is 37.5 Å². The van der Waals surface area contributed by atoms with Crippen molar-refractivity contribution in [2.75, 3.05) is 13.1 Å². The number of hydrogen-bond acceptors (Lipinski definition) is 3. The molecule has 0 aliphatic carbocycles. The molecule has 2 aromatic carbocycles. The fraction of sp³-hybridized carbons (Fsp3) is 0.167. The molecule has 0 spiro atoms. The molecule has 0 amide bonds. The number of nitrogens with zero attached hydrogens (tertiary/aromatic N) is 1. The van der Waals surface area contributed by atoms with Crippen molar-refractivity contribution in [3.8, 4) is 11.1 Å². The van der Waals surface area contributed by atoms with Crippen molar-refractivity contribution in [1.82, 2.24) is 5.32 Å². The molecule has 1 N–H and O–H groups in total. The summed E-state index contributed by atoms with van der Waals surface area (Å²) in [6, 6.07) is 14.9. The molecule has 0 radical (unpaired) electrons. The van der Waals surface area contributed by atoms with Crippen LogP contribution in [0.4, 0.5) is 0 Å². The Bertz CT molecular complexity index is 834. The van der Waals surface area contributed by atoms with E-state index in [-0.39, 0.29) is 12.4 Å². The van der Waals surface area contributed by atoms with Gasteiger partial charge in [-0.3, -0.25) is 4.99 Å². The first-order valence-electron chi connectivity index (χ1n) is 7.19. The van der Waals surface area contributed by atoms with E-state index in [1.54, 1.807) is 0 Å². The summed E-state index contributed by atoms with van der Waals surface area (Å²) >= 11 is 0. The van der Waals surface area contributed by atoms with Crippen LogP contribution in [0.5, 0.6) is 0 Å². The number of aryl methyl sites for hydroxylation is 1. The lowest BCUT2D eigenvalue weighted by Crippen LogP contribution is -2.19. The van der Waals surface area contributed by atoms with Crippen molar-refractivity contribution in [1.29, 1.82) is 0 Å². The second-order valence-electron chi connectivity index (χ2n) is 5.36. The molecule has 1 aliphatic heterocycles. The maximum Gasteiger partial charge on any atom is 0.176 e. The maximum atomic E-state index is 5.79. The van der Waals surface area contributed by atoms with Gasteiger partial charge in [0.25, 0.3) is 0 Å². The highest BCUT2D eigenvalue weighted by atomic mass is 35.5. The monoisotopic (exact) mass is 312 g/mol. The van der Waals surface area contributed by atoms with Gasteiger partial charge in [-0.1, -0.05) is 48.0 Å². The van der Waals surface area contributed by atoms with Gasteiger partial charge in [0.05, 0.1) is 12.8 Å². The Balaban J connectivity index is 0.00000144. The van der Waals surface area contributed by atoms with E-state index < -0.39 is 0 Å². The van der Waals surface area contributed by atoms with Gasteiger partial charge < -0.3 is 9.73 Å². The minimum absolute atomic E-state index is 0. The zero-order chi connectivity index (χ0) is 14.2. The Morgan fingerprint density at radius 3 is 2.64 bits per heavy atom. The van der Waals surface area contributed by atoms with Crippen LogP contribution in [-0.4, -0.2) is 18.9 Å². The third kappa shape index (κ3) is 2.38. The summed E-state index contributed by atoms with van der Waals surface area (Å²) in [5.41, 5.74) is 3.65. The van der Waals surface area contributed by atoms with Gasteiger partial charge in [0.1, 0.15) is 0 Å². The van der Waals surface area contributed by atoms with Gasteiger partial charge >= 0.3 is 0 Å². The predicted octanol–water partition coefficient (Wildman–Crippen LogP) is 4.18. The number of benzene rings is 2. The fourth-order valence-corrected chi connectivity index (χ4v) is 2.80. The highest BCUT2D eigenvalue weighted by molar-refractivity contribution is 6.12. The number of nitrogens with one attached hydrogen (secondary N) is 1. The molecule has 4 rings (SSSR count). The van der Waals surface area contributed by atoms with Crippen LogP contribution >= 0.6 is 12.4 Å². The van der Waals surface area contributed by atoms with Crippen LogP contribution in [0.15, 0.2) is 58.1 Å². The summed E-state index contributed by atoms with van der Waals surface area (Å²) in [6.07, 6.45) is 1.81. The first-order chi connectivity index (χ1) is 10.3. The van der Waals surface area contributed by atoms with Crippen LogP contribution in [-0.2, 0) is 0 Å². The Morgan fingerprint density at radius 2 is 1.91 bits per heavy atom. The van der Waals surface area contributed by atoms with Crippen molar-refractivity contribution >= 4 is 29.0 Å². The molecule has 0 saturated carbocycles. The van der Waals surface area contributed by atoms with Gasteiger partial charge in [-0.05, 0) is 18.1 Å². The van der Waals surface area contributed by atoms with Gasteiger partial charge in [0, 0.05) is 17.3 Å². The second-order valence-corrected chi connectivity index (χ2v) is 5.36. The van der Waals surface area contributed by atoms with E-state index in [4.69, 9.17) is 4.42 Å². The van der Waals surface area contributed by atoms with Crippen molar-refractivity contribution in [3.63, 3.8) is 0 Å². The molecule has 2 heterocycles. The smallest absolute Gasteiger partial charge is 0.176 e. The van der Waals surface area contributed by atoms with Gasteiger partial charge in [0.2, 0.25) is 0 Å². The van der Waals surface area contributed by atoms with Crippen LogP contribution in [0, 0.1) is 6.92 Å². The van der Waals surface area contributed by atoms with Crippen LogP contribution in [0.3, 0.4) is 0 Å². The molecule has 0 unspecified atom stereocenters. The third-order valence-electron chi connectivity index (χ3n) is 3.88. The van der Waals surface area contributed by atoms with E-state index in [1.165, 1.54) is 16.7 Å². The first-order valence-corrected chi connectivity index (χ1v) is 7.19. The molecular formula is C18H17ClN2O. The number of aliphatic imine (C=N–C) groups is 1. The number of halogens is 1. The minimum Gasteiger partial charge on any atom is -0.460 e. The quantitative estimate of drug-likeness (QED) is 0.771. The number of hydrogen-bond donors (Lipinski definition) is 1. The molecule has 0 fully saturated rings. The van der Waals surface area contributed by atoms with Crippen LogP contribution in [0.25, 0.3) is 21.9 Å². The van der Waals surface area contributed by atoms with E-state index in [0.717, 1.165) is 35.5 Å².